The van der Waals surface area contributed by atoms with Gasteiger partial charge in [0.05, 0.1) is 19.8 Å². The van der Waals surface area contributed by atoms with Crippen LogP contribution in [-0.2, 0) is 11.3 Å². The summed E-state index contributed by atoms with van der Waals surface area (Å²) < 4.78 is 11.3. The third-order valence-corrected chi connectivity index (χ3v) is 4.15. The van der Waals surface area contributed by atoms with Crippen LogP contribution in [0.25, 0.3) is 0 Å². The first-order valence-corrected chi connectivity index (χ1v) is 8.54. The first-order chi connectivity index (χ1) is 12.1. The van der Waals surface area contributed by atoms with E-state index in [1.165, 1.54) is 11.1 Å². The smallest absolute Gasteiger partial charge is 0.238 e. The lowest BCUT2D eigenvalue weighted by molar-refractivity contribution is -0.117. The van der Waals surface area contributed by atoms with Crippen LogP contribution in [0.2, 0.25) is 0 Å². The molecule has 3 rings (SSSR count). The zero-order valence-electron chi connectivity index (χ0n) is 14.7. The summed E-state index contributed by atoms with van der Waals surface area (Å²) in [4.78, 5) is 14.3. The number of fused-ring (bicyclic) bond motifs is 1. The fourth-order valence-corrected chi connectivity index (χ4v) is 2.82. The average molecular weight is 340 g/mol. The lowest BCUT2D eigenvalue weighted by Gasteiger charge is -2.18. The van der Waals surface area contributed by atoms with Crippen LogP contribution >= 0.6 is 0 Å². The standard InChI is InChI=1S/C20H24N2O3/c1-15-6-3-4-7-16(15)13-22(2)14-20(23)21-17-8-9-18-19(12-17)25-11-5-10-24-18/h3-4,6-9,12H,5,10-11,13-14H2,1-2H3,(H,21,23). The van der Waals surface area contributed by atoms with Crippen molar-refractivity contribution in [3.8, 4) is 11.5 Å². The Labute approximate surface area is 148 Å². The number of nitrogens with zero attached hydrogens (tertiary/aromatic N) is 1. The van der Waals surface area contributed by atoms with E-state index in [4.69, 9.17) is 9.47 Å². The van der Waals surface area contributed by atoms with E-state index in [1.54, 1.807) is 0 Å². The molecule has 2 aromatic rings. The fourth-order valence-electron chi connectivity index (χ4n) is 2.82. The van der Waals surface area contributed by atoms with Gasteiger partial charge >= 0.3 is 0 Å². The number of amides is 1. The number of ether oxygens (including phenoxy) is 2. The van der Waals surface area contributed by atoms with Gasteiger partial charge in [-0.1, -0.05) is 24.3 Å². The van der Waals surface area contributed by atoms with Gasteiger partial charge in [-0.3, -0.25) is 9.69 Å². The summed E-state index contributed by atoms with van der Waals surface area (Å²) >= 11 is 0. The molecule has 2 aromatic carbocycles. The van der Waals surface area contributed by atoms with Crippen LogP contribution in [0.3, 0.4) is 0 Å². The molecule has 132 valence electrons. The maximum atomic E-state index is 12.3. The van der Waals surface area contributed by atoms with Gasteiger partial charge < -0.3 is 14.8 Å². The molecular formula is C20H24N2O3. The van der Waals surface area contributed by atoms with E-state index in [-0.39, 0.29) is 5.91 Å². The third-order valence-electron chi connectivity index (χ3n) is 4.15. The highest BCUT2D eigenvalue weighted by Gasteiger charge is 2.13. The highest BCUT2D eigenvalue weighted by molar-refractivity contribution is 5.92. The van der Waals surface area contributed by atoms with E-state index in [2.05, 4.69) is 24.4 Å². The minimum Gasteiger partial charge on any atom is -0.490 e. The minimum absolute atomic E-state index is 0.0504. The van der Waals surface area contributed by atoms with Crippen LogP contribution in [0.15, 0.2) is 42.5 Å². The van der Waals surface area contributed by atoms with E-state index < -0.39 is 0 Å². The molecule has 5 heteroatoms. The van der Waals surface area contributed by atoms with Crippen molar-refractivity contribution in [1.82, 2.24) is 4.90 Å². The Balaban J connectivity index is 1.57. The predicted molar refractivity (Wildman–Crippen MR) is 98.2 cm³/mol. The summed E-state index contributed by atoms with van der Waals surface area (Å²) in [6, 6.07) is 13.7. The molecule has 0 aromatic heterocycles. The Hall–Kier alpha value is -2.53. The number of anilines is 1. The average Bonchev–Trinajstić information content (AvgIpc) is 2.81. The highest BCUT2D eigenvalue weighted by Crippen LogP contribution is 2.32. The predicted octanol–water partition coefficient (Wildman–Crippen LogP) is 3.23. The van der Waals surface area contributed by atoms with E-state index >= 15 is 0 Å². The SMILES string of the molecule is Cc1ccccc1CN(C)CC(=O)Nc1ccc2c(c1)OCCCO2. The second-order valence-electron chi connectivity index (χ2n) is 6.36. The molecule has 1 amide bonds. The molecule has 0 spiro atoms. The molecule has 0 fully saturated rings. The first kappa shape index (κ1) is 17.3. The van der Waals surface area contributed by atoms with Crippen LogP contribution in [0.1, 0.15) is 17.5 Å². The Kier molecular flexibility index (Phi) is 5.56. The zero-order chi connectivity index (χ0) is 17.6. The number of carbonyl (C=O) groups is 1. The molecular weight excluding hydrogens is 316 g/mol. The summed E-state index contributed by atoms with van der Waals surface area (Å²) in [7, 11) is 1.94. The summed E-state index contributed by atoms with van der Waals surface area (Å²) in [6.07, 6.45) is 0.861. The summed E-state index contributed by atoms with van der Waals surface area (Å²) in [5, 5.41) is 2.93. The number of hydrogen-bond donors (Lipinski definition) is 1. The molecule has 0 atom stereocenters. The van der Waals surface area contributed by atoms with Crippen molar-refractivity contribution in [3.05, 3.63) is 53.6 Å². The van der Waals surface area contributed by atoms with Gasteiger partial charge in [0.2, 0.25) is 5.91 Å². The quantitative estimate of drug-likeness (QED) is 0.908. The van der Waals surface area contributed by atoms with Gasteiger partial charge in [0.25, 0.3) is 0 Å². The number of likely N-dealkylation sites (N-methyl/N-ethyl adjacent to an activating group) is 1. The van der Waals surface area contributed by atoms with Crippen LogP contribution < -0.4 is 14.8 Å². The van der Waals surface area contributed by atoms with Gasteiger partial charge in [-0.05, 0) is 37.2 Å². The van der Waals surface area contributed by atoms with Crippen molar-refractivity contribution >= 4 is 11.6 Å². The third kappa shape index (κ3) is 4.73. The van der Waals surface area contributed by atoms with Crippen molar-refractivity contribution in [2.24, 2.45) is 0 Å². The van der Waals surface area contributed by atoms with Gasteiger partial charge in [-0.25, -0.2) is 0 Å². The maximum absolute atomic E-state index is 12.3. The maximum Gasteiger partial charge on any atom is 0.238 e. The number of benzene rings is 2. The monoisotopic (exact) mass is 340 g/mol. The number of carbonyl (C=O) groups excluding carboxylic acids is 1. The number of rotatable bonds is 5. The second kappa shape index (κ2) is 8.03. The molecule has 0 saturated carbocycles. The number of hydrogen-bond acceptors (Lipinski definition) is 4. The molecule has 0 aliphatic carbocycles. The topological polar surface area (TPSA) is 50.8 Å². The second-order valence-corrected chi connectivity index (χ2v) is 6.36. The van der Waals surface area contributed by atoms with Crippen molar-refractivity contribution in [1.29, 1.82) is 0 Å². The van der Waals surface area contributed by atoms with E-state index in [0.29, 0.717) is 25.5 Å². The Morgan fingerprint density at radius 2 is 1.88 bits per heavy atom. The molecule has 5 nitrogen and oxygen atoms in total. The molecule has 0 radical (unpaired) electrons. The normalized spacial score (nSPS) is 13.4. The Bertz CT molecular complexity index is 745. The number of aryl methyl sites for hydroxylation is 1. The van der Waals surface area contributed by atoms with Crippen LogP contribution in [0.4, 0.5) is 5.69 Å². The number of nitrogens with one attached hydrogen (secondary N) is 1. The van der Waals surface area contributed by atoms with Gasteiger partial charge in [0.15, 0.2) is 11.5 Å². The van der Waals surface area contributed by atoms with Gasteiger partial charge in [0.1, 0.15) is 0 Å². The summed E-state index contributed by atoms with van der Waals surface area (Å²) in [5.74, 6) is 1.36. The molecule has 0 bridgehead atoms. The molecule has 1 N–H and O–H groups in total. The van der Waals surface area contributed by atoms with Crippen molar-refractivity contribution < 1.29 is 14.3 Å². The first-order valence-electron chi connectivity index (χ1n) is 8.54. The van der Waals surface area contributed by atoms with Crippen molar-refractivity contribution in [2.45, 2.75) is 19.9 Å². The van der Waals surface area contributed by atoms with E-state index in [0.717, 1.165) is 24.4 Å². The van der Waals surface area contributed by atoms with Crippen LogP contribution in [0, 0.1) is 6.92 Å². The Morgan fingerprint density at radius 3 is 2.68 bits per heavy atom. The van der Waals surface area contributed by atoms with Gasteiger partial charge in [-0.2, -0.15) is 0 Å². The molecule has 1 aliphatic rings. The van der Waals surface area contributed by atoms with E-state index in [9.17, 15) is 4.79 Å². The highest BCUT2D eigenvalue weighted by atomic mass is 16.5. The molecule has 0 unspecified atom stereocenters. The zero-order valence-corrected chi connectivity index (χ0v) is 14.7. The van der Waals surface area contributed by atoms with Crippen molar-refractivity contribution in [3.63, 3.8) is 0 Å². The molecule has 1 heterocycles. The summed E-state index contributed by atoms with van der Waals surface area (Å²) in [6.45, 7) is 4.43. The fraction of sp³-hybridized carbons (Fsp3) is 0.350. The van der Waals surface area contributed by atoms with Crippen LogP contribution in [0.5, 0.6) is 11.5 Å². The minimum atomic E-state index is -0.0504. The Morgan fingerprint density at radius 1 is 1.12 bits per heavy atom. The van der Waals surface area contributed by atoms with Crippen LogP contribution in [-0.4, -0.2) is 37.6 Å². The van der Waals surface area contributed by atoms with Gasteiger partial charge in [-0.15, -0.1) is 0 Å². The van der Waals surface area contributed by atoms with E-state index in [1.807, 2.05) is 42.3 Å². The largest absolute Gasteiger partial charge is 0.490 e. The molecule has 25 heavy (non-hydrogen) atoms. The van der Waals surface area contributed by atoms with Crippen molar-refractivity contribution in [2.75, 3.05) is 32.1 Å². The lowest BCUT2D eigenvalue weighted by Crippen LogP contribution is -2.30. The molecule has 0 saturated heterocycles. The lowest BCUT2D eigenvalue weighted by atomic mass is 10.1. The van der Waals surface area contributed by atoms with Gasteiger partial charge in [0, 0.05) is 24.7 Å². The molecule has 1 aliphatic heterocycles. The summed E-state index contributed by atoms with van der Waals surface area (Å²) in [5.41, 5.74) is 3.18.